The predicted molar refractivity (Wildman–Crippen MR) is 191 cm³/mol. The molecule has 0 radical (unpaired) electrons. The number of hydrogen-bond acceptors (Lipinski definition) is 4. The molecule has 46 heavy (non-hydrogen) atoms. The molecule has 7 nitrogen and oxygen atoms in total. The highest BCUT2D eigenvalue weighted by atomic mass is 127. The van der Waals surface area contributed by atoms with E-state index < -0.39 is 28.5 Å². The number of carbonyl (C=O) groups excluding carboxylic acids is 2. The van der Waals surface area contributed by atoms with Crippen molar-refractivity contribution in [2.75, 3.05) is 10.8 Å². The summed E-state index contributed by atoms with van der Waals surface area (Å²) in [6.45, 7) is -0.429. The molecule has 4 aromatic carbocycles. The van der Waals surface area contributed by atoms with Crippen LogP contribution in [0.2, 0.25) is 5.02 Å². The Kier molecular flexibility index (Phi) is 11.8. The first-order valence-corrected chi connectivity index (χ1v) is 18.3. The van der Waals surface area contributed by atoms with Crippen LogP contribution >= 0.6 is 34.2 Å². The largest absolute Gasteiger partial charge is 0.352 e. The second-order valence-corrected chi connectivity index (χ2v) is 15.0. The summed E-state index contributed by atoms with van der Waals surface area (Å²) in [4.78, 5) is 30.3. The zero-order valence-corrected chi connectivity index (χ0v) is 29.1. The molecule has 10 heteroatoms. The van der Waals surface area contributed by atoms with E-state index >= 15 is 0 Å². The van der Waals surface area contributed by atoms with E-state index in [0.717, 1.165) is 51.1 Å². The summed E-state index contributed by atoms with van der Waals surface area (Å²) < 4.78 is 30.2. The van der Waals surface area contributed by atoms with Gasteiger partial charge in [0.2, 0.25) is 11.8 Å². The lowest BCUT2D eigenvalue weighted by atomic mass is 9.94. The van der Waals surface area contributed by atoms with Crippen molar-refractivity contribution < 1.29 is 18.0 Å². The zero-order valence-electron chi connectivity index (χ0n) is 25.4. The molecule has 1 fully saturated rings. The lowest BCUT2D eigenvalue weighted by Crippen LogP contribution is -2.55. The van der Waals surface area contributed by atoms with E-state index in [0.29, 0.717) is 10.7 Å². The van der Waals surface area contributed by atoms with Crippen LogP contribution in [0.3, 0.4) is 0 Å². The third-order valence-corrected chi connectivity index (χ3v) is 10.9. The maximum atomic E-state index is 14.6. The summed E-state index contributed by atoms with van der Waals surface area (Å²) >= 11 is 8.50. The molecule has 0 spiro atoms. The average Bonchev–Trinajstić information content (AvgIpc) is 3.07. The highest BCUT2D eigenvalue weighted by Gasteiger charge is 2.35. The van der Waals surface area contributed by atoms with E-state index in [4.69, 9.17) is 11.6 Å². The molecule has 5 rings (SSSR count). The van der Waals surface area contributed by atoms with Crippen molar-refractivity contribution in [3.05, 3.63) is 129 Å². The number of sulfonamides is 1. The SMILES string of the molecule is O=C(NC1CCCCC1)[C@H](Cc1ccccc1)N(Cc1cccc(Cl)c1)C(=O)CN(c1ccc(I)cc1)S(=O)(=O)c1ccccc1. The maximum absolute atomic E-state index is 14.6. The first-order chi connectivity index (χ1) is 22.2. The Morgan fingerprint density at radius 2 is 1.46 bits per heavy atom. The summed E-state index contributed by atoms with van der Waals surface area (Å²) in [6.07, 6.45) is 5.28. The van der Waals surface area contributed by atoms with Crippen LogP contribution in [0, 0.1) is 3.57 Å². The summed E-state index contributed by atoms with van der Waals surface area (Å²) in [7, 11) is -4.14. The van der Waals surface area contributed by atoms with Gasteiger partial charge >= 0.3 is 0 Å². The highest BCUT2D eigenvalue weighted by molar-refractivity contribution is 14.1. The zero-order chi connectivity index (χ0) is 32.5. The van der Waals surface area contributed by atoms with Gasteiger partial charge in [-0.3, -0.25) is 13.9 Å². The molecule has 0 aliphatic heterocycles. The molecule has 0 bridgehead atoms. The van der Waals surface area contributed by atoms with E-state index in [1.807, 2.05) is 36.4 Å². The fourth-order valence-electron chi connectivity index (χ4n) is 5.79. The third kappa shape index (κ3) is 8.89. The number of anilines is 1. The van der Waals surface area contributed by atoms with Gasteiger partial charge in [-0.05, 0) is 95.1 Å². The van der Waals surface area contributed by atoms with E-state index in [1.54, 1.807) is 60.7 Å². The molecule has 4 aromatic rings. The number of halogens is 2. The van der Waals surface area contributed by atoms with E-state index in [9.17, 15) is 18.0 Å². The van der Waals surface area contributed by atoms with Gasteiger partial charge in [0.1, 0.15) is 12.6 Å². The lowest BCUT2D eigenvalue weighted by Gasteiger charge is -2.35. The average molecular weight is 770 g/mol. The summed E-state index contributed by atoms with van der Waals surface area (Å²) in [6, 6.07) is 30.9. The van der Waals surface area contributed by atoms with Crippen LogP contribution in [0.25, 0.3) is 0 Å². The Labute approximate surface area is 290 Å². The molecule has 1 aliphatic carbocycles. The van der Waals surface area contributed by atoms with Gasteiger partial charge < -0.3 is 10.2 Å². The van der Waals surface area contributed by atoms with Crippen molar-refractivity contribution in [3.63, 3.8) is 0 Å². The third-order valence-electron chi connectivity index (χ3n) is 8.19. The summed E-state index contributed by atoms with van der Waals surface area (Å²) in [5.41, 5.74) is 1.98. The molecule has 0 unspecified atom stereocenters. The van der Waals surface area contributed by atoms with Crippen molar-refractivity contribution in [1.29, 1.82) is 0 Å². The Morgan fingerprint density at radius 1 is 0.826 bits per heavy atom. The minimum absolute atomic E-state index is 0.0318. The molecule has 1 aliphatic rings. The number of nitrogens with one attached hydrogen (secondary N) is 1. The van der Waals surface area contributed by atoms with Crippen molar-refractivity contribution in [1.82, 2.24) is 10.2 Å². The monoisotopic (exact) mass is 769 g/mol. The number of hydrogen-bond donors (Lipinski definition) is 1. The van der Waals surface area contributed by atoms with Gasteiger partial charge in [0.25, 0.3) is 10.0 Å². The van der Waals surface area contributed by atoms with Crippen molar-refractivity contribution in [2.45, 2.75) is 62.0 Å². The van der Waals surface area contributed by atoms with Gasteiger partial charge in [0, 0.05) is 27.6 Å². The maximum Gasteiger partial charge on any atom is 0.264 e. The van der Waals surface area contributed by atoms with Gasteiger partial charge in [-0.1, -0.05) is 91.5 Å². The lowest BCUT2D eigenvalue weighted by molar-refractivity contribution is -0.140. The second-order valence-electron chi connectivity index (χ2n) is 11.5. The molecule has 1 N–H and O–H groups in total. The van der Waals surface area contributed by atoms with Gasteiger partial charge in [0.05, 0.1) is 10.6 Å². The van der Waals surface area contributed by atoms with E-state index in [1.165, 1.54) is 17.0 Å². The standard InChI is InChI=1S/C36H37ClIN3O4S/c37-29-14-10-13-28(23-29)25-40(34(24-27-11-4-1-5-12-27)36(43)39-31-15-6-2-7-16-31)35(42)26-41(32-21-19-30(38)20-22-32)46(44,45)33-17-8-3-9-18-33/h1,3-5,8-14,17-23,31,34H,2,6-7,15-16,24-26H2,(H,39,43)/t34-/m0/s1. The van der Waals surface area contributed by atoms with Crippen LogP contribution in [0.15, 0.2) is 114 Å². The summed E-state index contributed by atoms with van der Waals surface area (Å²) in [5, 5.41) is 3.73. The molecular weight excluding hydrogens is 733 g/mol. The van der Waals surface area contributed by atoms with Crippen LogP contribution in [0.4, 0.5) is 5.69 Å². The Hall–Kier alpha value is -3.41. The molecule has 240 valence electrons. The van der Waals surface area contributed by atoms with Gasteiger partial charge in [-0.25, -0.2) is 8.42 Å². The Bertz CT molecular complexity index is 1720. The number of carbonyl (C=O) groups is 2. The minimum atomic E-state index is -4.14. The fourth-order valence-corrected chi connectivity index (χ4v) is 7.79. The van der Waals surface area contributed by atoms with Crippen LogP contribution in [-0.4, -0.2) is 43.8 Å². The number of nitrogens with zero attached hydrogens (tertiary/aromatic N) is 2. The van der Waals surface area contributed by atoms with Crippen molar-refractivity contribution in [2.24, 2.45) is 0 Å². The first-order valence-electron chi connectivity index (χ1n) is 15.4. The number of benzene rings is 4. The smallest absolute Gasteiger partial charge is 0.264 e. The van der Waals surface area contributed by atoms with Crippen LogP contribution in [-0.2, 0) is 32.6 Å². The first kappa shape index (κ1) is 33.9. The number of amides is 2. The molecule has 0 aromatic heterocycles. The predicted octanol–water partition coefficient (Wildman–Crippen LogP) is 7.23. The quantitative estimate of drug-likeness (QED) is 0.154. The number of rotatable bonds is 12. The molecule has 0 heterocycles. The topological polar surface area (TPSA) is 86.8 Å². The highest BCUT2D eigenvalue weighted by Crippen LogP contribution is 2.26. The minimum Gasteiger partial charge on any atom is -0.352 e. The molecular formula is C36H37ClIN3O4S. The molecule has 0 saturated heterocycles. The van der Waals surface area contributed by atoms with Crippen LogP contribution < -0.4 is 9.62 Å². The molecule has 1 saturated carbocycles. The van der Waals surface area contributed by atoms with Crippen molar-refractivity contribution in [3.8, 4) is 0 Å². The van der Waals surface area contributed by atoms with E-state index in [2.05, 4.69) is 27.9 Å². The molecule has 1 atom stereocenters. The second kappa shape index (κ2) is 15.9. The Morgan fingerprint density at radius 3 is 2.11 bits per heavy atom. The van der Waals surface area contributed by atoms with Gasteiger partial charge in [-0.2, -0.15) is 0 Å². The fraction of sp³-hybridized carbons (Fsp3) is 0.278. The van der Waals surface area contributed by atoms with Gasteiger partial charge in [0.15, 0.2) is 0 Å². The van der Waals surface area contributed by atoms with Crippen LogP contribution in [0.1, 0.15) is 43.2 Å². The van der Waals surface area contributed by atoms with Crippen molar-refractivity contribution >= 4 is 61.7 Å². The normalized spacial score (nSPS) is 14.3. The van der Waals surface area contributed by atoms with Crippen LogP contribution in [0.5, 0.6) is 0 Å². The summed E-state index contributed by atoms with van der Waals surface area (Å²) in [5.74, 6) is -0.754. The Balaban J connectivity index is 1.55. The molecule has 2 amide bonds. The van der Waals surface area contributed by atoms with Gasteiger partial charge in [-0.15, -0.1) is 0 Å². The van der Waals surface area contributed by atoms with E-state index in [-0.39, 0.29) is 29.8 Å².